The Labute approximate surface area is 164 Å². The summed E-state index contributed by atoms with van der Waals surface area (Å²) in [7, 11) is 1.57. The molecule has 1 amide bonds. The summed E-state index contributed by atoms with van der Waals surface area (Å²) in [5.74, 6) is 1.35. The van der Waals surface area contributed by atoms with Gasteiger partial charge in [-0.2, -0.15) is 0 Å². The molecule has 0 unspecified atom stereocenters. The van der Waals surface area contributed by atoms with Crippen molar-refractivity contribution in [2.24, 2.45) is 0 Å². The normalized spacial score (nSPS) is 11.7. The third-order valence-corrected chi connectivity index (χ3v) is 4.88. The number of carbonyl (C=O) groups is 1. The molecular formula is C21H26BrNO3. The minimum atomic E-state index is -0.179. The van der Waals surface area contributed by atoms with E-state index in [1.54, 1.807) is 19.2 Å². The summed E-state index contributed by atoms with van der Waals surface area (Å²) in [5, 5.41) is 3.03. The van der Waals surface area contributed by atoms with Crippen LogP contribution in [0.1, 0.15) is 55.5 Å². The monoisotopic (exact) mass is 419 g/mol. The van der Waals surface area contributed by atoms with Crippen molar-refractivity contribution in [3.63, 3.8) is 0 Å². The number of carbonyl (C=O) groups excluding carboxylic acids is 1. The fourth-order valence-corrected chi connectivity index (χ4v) is 3.21. The van der Waals surface area contributed by atoms with E-state index in [0.717, 1.165) is 24.1 Å². The molecule has 2 rings (SSSR count). The van der Waals surface area contributed by atoms with Crippen molar-refractivity contribution in [1.29, 1.82) is 0 Å². The lowest BCUT2D eigenvalue weighted by atomic mass is 9.97. The molecule has 140 valence electrons. The van der Waals surface area contributed by atoms with Crippen molar-refractivity contribution in [2.75, 3.05) is 19.0 Å². The van der Waals surface area contributed by atoms with E-state index < -0.39 is 0 Å². The molecule has 26 heavy (non-hydrogen) atoms. The van der Waals surface area contributed by atoms with Crippen LogP contribution in [0.5, 0.6) is 11.5 Å². The van der Waals surface area contributed by atoms with Crippen molar-refractivity contribution < 1.29 is 14.3 Å². The molecule has 0 saturated heterocycles. The molecule has 1 atom stereocenters. The van der Waals surface area contributed by atoms with Crippen LogP contribution in [0.15, 0.2) is 40.9 Å². The maximum absolute atomic E-state index is 12.8. The van der Waals surface area contributed by atoms with Gasteiger partial charge in [-0.3, -0.25) is 4.79 Å². The highest BCUT2D eigenvalue weighted by atomic mass is 79.9. The van der Waals surface area contributed by atoms with Gasteiger partial charge in [-0.05, 0) is 58.5 Å². The number of rotatable bonds is 8. The van der Waals surface area contributed by atoms with Crippen molar-refractivity contribution in [3.05, 3.63) is 52.0 Å². The summed E-state index contributed by atoms with van der Waals surface area (Å²) in [6, 6.07) is 11.4. The van der Waals surface area contributed by atoms with Gasteiger partial charge in [-0.1, -0.05) is 39.0 Å². The molecule has 0 heterocycles. The van der Waals surface area contributed by atoms with Crippen LogP contribution in [-0.4, -0.2) is 19.6 Å². The van der Waals surface area contributed by atoms with Gasteiger partial charge < -0.3 is 14.8 Å². The SMILES string of the molecule is CCCOc1c(Br)cc(C(=O)Nc2ccccc2[C@H](C)CC)cc1OC. The predicted octanol–water partition coefficient (Wildman–Crippen LogP) is 6.01. The minimum Gasteiger partial charge on any atom is -0.493 e. The molecule has 0 fully saturated rings. The van der Waals surface area contributed by atoms with E-state index in [2.05, 4.69) is 41.2 Å². The summed E-state index contributed by atoms with van der Waals surface area (Å²) in [6.45, 7) is 6.92. The van der Waals surface area contributed by atoms with Crippen LogP contribution in [0, 0.1) is 0 Å². The number of ether oxygens (including phenoxy) is 2. The summed E-state index contributed by atoms with van der Waals surface area (Å²) < 4.78 is 11.8. The molecular weight excluding hydrogens is 394 g/mol. The van der Waals surface area contributed by atoms with Crippen molar-refractivity contribution >= 4 is 27.5 Å². The first-order valence-corrected chi connectivity index (χ1v) is 9.71. The molecule has 2 aromatic rings. The second kappa shape index (κ2) is 9.62. The summed E-state index contributed by atoms with van der Waals surface area (Å²) in [6.07, 6.45) is 1.90. The van der Waals surface area contributed by atoms with Crippen LogP contribution in [0.2, 0.25) is 0 Å². The molecule has 0 radical (unpaired) electrons. The van der Waals surface area contributed by atoms with Crippen LogP contribution in [0.25, 0.3) is 0 Å². The van der Waals surface area contributed by atoms with Crippen LogP contribution >= 0.6 is 15.9 Å². The molecule has 0 bridgehead atoms. The number of hydrogen-bond donors (Lipinski definition) is 1. The zero-order valence-electron chi connectivity index (χ0n) is 15.8. The molecule has 0 spiro atoms. The number of anilines is 1. The van der Waals surface area contributed by atoms with Gasteiger partial charge in [0.25, 0.3) is 5.91 Å². The zero-order valence-corrected chi connectivity index (χ0v) is 17.4. The fraction of sp³-hybridized carbons (Fsp3) is 0.381. The molecule has 4 nitrogen and oxygen atoms in total. The molecule has 0 aromatic heterocycles. The van der Waals surface area contributed by atoms with Crippen LogP contribution in [-0.2, 0) is 0 Å². The molecule has 2 aromatic carbocycles. The minimum absolute atomic E-state index is 0.179. The third kappa shape index (κ3) is 4.79. The largest absolute Gasteiger partial charge is 0.493 e. The Bertz CT molecular complexity index is 761. The number of hydrogen-bond acceptors (Lipinski definition) is 3. The highest BCUT2D eigenvalue weighted by Gasteiger charge is 2.17. The number of amides is 1. The highest BCUT2D eigenvalue weighted by molar-refractivity contribution is 9.10. The van der Waals surface area contributed by atoms with Crippen LogP contribution < -0.4 is 14.8 Å². The van der Waals surface area contributed by atoms with Crippen LogP contribution in [0.3, 0.4) is 0 Å². The molecule has 0 aliphatic rings. The third-order valence-electron chi connectivity index (χ3n) is 4.29. The Morgan fingerprint density at radius 3 is 2.62 bits per heavy atom. The topological polar surface area (TPSA) is 47.6 Å². The van der Waals surface area contributed by atoms with E-state index >= 15 is 0 Å². The predicted molar refractivity (Wildman–Crippen MR) is 110 cm³/mol. The standard InChI is InChI=1S/C21H26BrNO3/c1-5-11-26-20-17(22)12-15(13-19(20)25-4)21(24)23-18-10-8-7-9-16(18)14(3)6-2/h7-10,12-14H,5-6,11H2,1-4H3,(H,23,24)/t14-/m1/s1. The maximum atomic E-state index is 12.8. The number of halogens is 1. The maximum Gasteiger partial charge on any atom is 0.255 e. The van der Waals surface area contributed by atoms with Gasteiger partial charge in [-0.15, -0.1) is 0 Å². The number of para-hydroxylation sites is 1. The molecule has 0 saturated carbocycles. The molecule has 0 aliphatic heterocycles. The van der Waals surface area contributed by atoms with Gasteiger partial charge in [-0.25, -0.2) is 0 Å². The van der Waals surface area contributed by atoms with E-state index in [0.29, 0.717) is 34.1 Å². The lowest BCUT2D eigenvalue weighted by Gasteiger charge is -2.17. The first-order valence-electron chi connectivity index (χ1n) is 8.92. The Balaban J connectivity index is 2.29. The van der Waals surface area contributed by atoms with Crippen LogP contribution in [0.4, 0.5) is 5.69 Å². The Hall–Kier alpha value is -2.01. The summed E-state index contributed by atoms with van der Waals surface area (Å²) in [4.78, 5) is 12.8. The average molecular weight is 420 g/mol. The fourth-order valence-electron chi connectivity index (χ4n) is 2.65. The van der Waals surface area contributed by atoms with Gasteiger partial charge in [0.2, 0.25) is 0 Å². The van der Waals surface area contributed by atoms with E-state index in [1.807, 2.05) is 25.1 Å². The van der Waals surface area contributed by atoms with Gasteiger partial charge >= 0.3 is 0 Å². The molecule has 0 aliphatic carbocycles. The summed E-state index contributed by atoms with van der Waals surface area (Å²) in [5.41, 5.74) is 2.49. The van der Waals surface area contributed by atoms with Gasteiger partial charge in [0, 0.05) is 11.3 Å². The first-order chi connectivity index (χ1) is 12.5. The average Bonchev–Trinajstić information content (AvgIpc) is 2.66. The van der Waals surface area contributed by atoms with E-state index in [1.165, 1.54) is 0 Å². The Morgan fingerprint density at radius 2 is 1.96 bits per heavy atom. The summed E-state index contributed by atoms with van der Waals surface area (Å²) >= 11 is 3.49. The van der Waals surface area contributed by atoms with Crippen molar-refractivity contribution in [3.8, 4) is 11.5 Å². The smallest absolute Gasteiger partial charge is 0.255 e. The number of nitrogens with one attached hydrogen (secondary N) is 1. The van der Waals surface area contributed by atoms with Gasteiger partial charge in [0.15, 0.2) is 11.5 Å². The lowest BCUT2D eigenvalue weighted by Crippen LogP contribution is -2.14. The van der Waals surface area contributed by atoms with Gasteiger partial charge in [0.1, 0.15) is 0 Å². The van der Waals surface area contributed by atoms with E-state index in [4.69, 9.17) is 9.47 Å². The second-order valence-electron chi connectivity index (χ2n) is 6.19. The first kappa shape index (κ1) is 20.3. The number of benzene rings is 2. The lowest BCUT2D eigenvalue weighted by molar-refractivity contribution is 0.102. The quantitative estimate of drug-likeness (QED) is 0.569. The van der Waals surface area contributed by atoms with E-state index in [-0.39, 0.29) is 5.91 Å². The van der Waals surface area contributed by atoms with E-state index in [9.17, 15) is 4.79 Å². The zero-order chi connectivity index (χ0) is 19.1. The number of methoxy groups -OCH3 is 1. The van der Waals surface area contributed by atoms with Crippen molar-refractivity contribution in [2.45, 2.75) is 39.5 Å². The molecule has 1 N–H and O–H groups in total. The van der Waals surface area contributed by atoms with Gasteiger partial charge in [0.05, 0.1) is 18.2 Å². The van der Waals surface area contributed by atoms with Crippen molar-refractivity contribution in [1.82, 2.24) is 0 Å². The Morgan fingerprint density at radius 1 is 1.23 bits per heavy atom. The highest BCUT2D eigenvalue weighted by Crippen LogP contribution is 2.37. The molecule has 5 heteroatoms. The second-order valence-corrected chi connectivity index (χ2v) is 7.04. The Kier molecular flexibility index (Phi) is 7.51.